The highest BCUT2D eigenvalue weighted by atomic mass is 19.4. The summed E-state index contributed by atoms with van der Waals surface area (Å²) in [5.74, 6) is -1.04. The molecule has 19 heavy (non-hydrogen) atoms. The van der Waals surface area contributed by atoms with Gasteiger partial charge in [0, 0.05) is 0 Å². The van der Waals surface area contributed by atoms with E-state index in [2.05, 4.69) is 5.32 Å². The standard InChI is InChI=1S/C14H20F3NO/c1-2-18-13(12-8-5-9-19-12)10-6-3-4-7-11(10)14(15,16)17/h5,8-11,13,18H,2-4,6-7H2,1H3. The molecule has 5 heteroatoms. The van der Waals surface area contributed by atoms with Gasteiger partial charge in [-0.05, 0) is 37.4 Å². The summed E-state index contributed by atoms with van der Waals surface area (Å²) < 4.78 is 44.9. The van der Waals surface area contributed by atoms with E-state index in [1.54, 1.807) is 12.1 Å². The lowest BCUT2D eigenvalue weighted by Crippen LogP contribution is -2.40. The maximum atomic E-state index is 13.2. The highest BCUT2D eigenvalue weighted by Crippen LogP contribution is 2.46. The number of nitrogens with one attached hydrogen (secondary N) is 1. The molecule has 2 rings (SSSR count). The summed E-state index contributed by atoms with van der Waals surface area (Å²) in [6.45, 7) is 2.54. The molecular weight excluding hydrogens is 255 g/mol. The second-order valence-electron chi connectivity index (χ2n) is 5.15. The van der Waals surface area contributed by atoms with Crippen molar-refractivity contribution in [1.29, 1.82) is 0 Å². The average molecular weight is 275 g/mol. The van der Waals surface area contributed by atoms with Crippen LogP contribution in [-0.4, -0.2) is 12.7 Å². The quantitative estimate of drug-likeness (QED) is 0.886. The molecule has 1 N–H and O–H groups in total. The average Bonchev–Trinajstić information content (AvgIpc) is 2.88. The molecule has 0 radical (unpaired) electrons. The van der Waals surface area contributed by atoms with E-state index in [1.165, 1.54) is 6.26 Å². The van der Waals surface area contributed by atoms with Gasteiger partial charge in [-0.15, -0.1) is 0 Å². The van der Waals surface area contributed by atoms with E-state index in [0.29, 0.717) is 25.1 Å². The molecule has 0 aliphatic heterocycles. The molecule has 1 aliphatic carbocycles. The fourth-order valence-corrected chi connectivity index (χ4v) is 3.12. The van der Waals surface area contributed by atoms with E-state index in [1.807, 2.05) is 6.92 Å². The fourth-order valence-electron chi connectivity index (χ4n) is 3.12. The summed E-state index contributed by atoms with van der Waals surface area (Å²) in [6, 6.07) is 3.15. The zero-order valence-electron chi connectivity index (χ0n) is 11.0. The minimum absolute atomic E-state index is 0.233. The Kier molecular flexibility index (Phi) is 4.55. The maximum Gasteiger partial charge on any atom is 0.392 e. The van der Waals surface area contributed by atoms with Gasteiger partial charge in [0.2, 0.25) is 0 Å². The first kappa shape index (κ1) is 14.4. The Labute approximate surface area is 111 Å². The third kappa shape index (κ3) is 3.32. The van der Waals surface area contributed by atoms with E-state index >= 15 is 0 Å². The third-order valence-corrected chi connectivity index (χ3v) is 3.94. The Hall–Kier alpha value is -0.970. The second kappa shape index (κ2) is 5.99. The number of alkyl halides is 3. The van der Waals surface area contributed by atoms with Gasteiger partial charge in [-0.1, -0.05) is 19.8 Å². The summed E-state index contributed by atoms with van der Waals surface area (Å²) in [4.78, 5) is 0. The van der Waals surface area contributed by atoms with E-state index in [4.69, 9.17) is 4.42 Å². The molecule has 108 valence electrons. The Morgan fingerprint density at radius 2 is 2.11 bits per heavy atom. The van der Waals surface area contributed by atoms with Crippen LogP contribution in [0.4, 0.5) is 13.2 Å². The van der Waals surface area contributed by atoms with Crippen molar-refractivity contribution in [3.63, 3.8) is 0 Å². The lowest BCUT2D eigenvalue weighted by molar-refractivity contribution is -0.200. The van der Waals surface area contributed by atoms with Crippen LogP contribution in [0.25, 0.3) is 0 Å². The number of rotatable bonds is 4. The summed E-state index contributed by atoms with van der Waals surface area (Å²) in [5.41, 5.74) is 0. The molecule has 1 fully saturated rings. The predicted molar refractivity (Wildman–Crippen MR) is 66.6 cm³/mol. The van der Waals surface area contributed by atoms with Crippen LogP contribution in [0.1, 0.15) is 44.4 Å². The molecule has 3 unspecified atom stereocenters. The second-order valence-corrected chi connectivity index (χ2v) is 5.15. The van der Waals surface area contributed by atoms with Gasteiger partial charge >= 0.3 is 6.18 Å². The molecule has 1 saturated carbocycles. The molecule has 1 heterocycles. The van der Waals surface area contributed by atoms with Crippen molar-refractivity contribution < 1.29 is 17.6 Å². The van der Waals surface area contributed by atoms with Crippen molar-refractivity contribution in [1.82, 2.24) is 5.32 Å². The summed E-state index contributed by atoms with van der Waals surface area (Å²) in [6.07, 6.45) is -0.243. The van der Waals surface area contributed by atoms with Gasteiger partial charge in [-0.25, -0.2) is 0 Å². The molecule has 0 spiro atoms. The first-order valence-corrected chi connectivity index (χ1v) is 6.87. The maximum absolute atomic E-state index is 13.2. The summed E-state index contributed by atoms with van der Waals surface area (Å²) >= 11 is 0. The van der Waals surface area contributed by atoms with E-state index in [0.717, 1.165) is 6.42 Å². The smallest absolute Gasteiger partial charge is 0.392 e. The van der Waals surface area contributed by atoms with Gasteiger partial charge < -0.3 is 9.73 Å². The molecule has 1 aromatic rings. The largest absolute Gasteiger partial charge is 0.468 e. The SMILES string of the molecule is CCNC(c1ccco1)C1CCCCC1C(F)(F)F. The fraction of sp³-hybridized carbons (Fsp3) is 0.714. The van der Waals surface area contributed by atoms with E-state index in [9.17, 15) is 13.2 Å². The number of halogens is 3. The molecular formula is C14H20F3NO. The monoisotopic (exact) mass is 275 g/mol. The number of furan rings is 1. The van der Waals surface area contributed by atoms with Crippen molar-refractivity contribution in [3.8, 4) is 0 Å². The molecule has 0 amide bonds. The van der Waals surface area contributed by atoms with Crippen molar-refractivity contribution in [3.05, 3.63) is 24.2 Å². The van der Waals surface area contributed by atoms with Crippen molar-refractivity contribution in [2.45, 2.75) is 44.8 Å². The molecule has 1 aromatic heterocycles. The molecule has 3 atom stereocenters. The first-order valence-electron chi connectivity index (χ1n) is 6.87. The lowest BCUT2D eigenvalue weighted by atomic mass is 9.74. The highest BCUT2D eigenvalue weighted by Gasteiger charge is 2.48. The summed E-state index contributed by atoms with van der Waals surface area (Å²) in [5, 5.41) is 3.16. The third-order valence-electron chi connectivity index (χ3n) is 3.94. The zero-order chi connectivity index (χ0) is 13.9. The molecule has 0 aromatic carbocycles. The van der Waals surface area contributed by atoms with Crippen LogP contribution in [0, 0.1) is 11.8 Å². The van der Waals surface area contributed by atoms with Gasteiger partial charge in [-0.2, -0.15) is 13.2 Å². The van der Waals surface area contributed by atoms with Crippen LogP contribution in [0.3, 0.4) is 0 Å². The topological polar surface area (TPSA) is 25.2 Å². The van der Waals surface area contributed by atoms with Crippen LogP contribution in [0.2, 0.25) is 0 Å². The van der Waals surface area contributed by atoms with Gasteiger partial charge in [0.1, 0.15) is 5.76 Å². The molecule has 1 aliphatic rings. The number of hydrogen-bond donors (Lipinski definition) is 1. The van der Waals surface area contributed by atoms with E-state index in [-0.39, 0.29) is 12.5 Å². The molecule has 0 saturated heterocycles. The van der Waals surface area contributed by atoms with Crippen LogP contribution >= 0.6 is 0 Å². The molecule has 2 nitrogen and oxygen atoms in total. The normalized spacial score (nSPS) is 26.3. The van der Waals surface area contributed by atoms with Crippen LogP contribution in [-0.2, 0) is 0 Å². The first-order chi connectivity index (χ1) is 9.04. The minimum Gasteiger partial charge on any atom is -0.468 e. The van der Waals surface area contributed by atoms with Crippen molar-refractivity contribution >= 4 is 0 Å². The van der Waals surface area contributed by atoms with E-state index < -0.39 is 18.0 Å². The molecule has 0 bridgehead atoms. The Morgan fingerprint density at radius 3 is 2.68 bits per heavy atom. The predicted octanol–water partition coefficient (Wildman–Crippen LogP) is 4.30. The van der Waals surface area contributed by atoms with Crippen molar-refractivity contribution in [2.75, 3.05) is 6.54 Å². The van der Waals surface area contributed by atoms with Crippen molar-refractivity contribution in [2.24, 2.45) is 11.8 Å². The van der Waals surface area contributed by atoms with Crippen LogP contribution in [0.5, 0.6) is 0 Å². The zero-order valence-corrected chi connectivity index (χ0v) is 11.0. The highest BCUT2D eigenvalue weighted by molar-refractivity contribution is 5.07. The Bertz CT molecular complexity index is 375. The van der Waals surface area contributed by atoms with Crippen LogP contribution in [0.15, 0.2) is 22.8 Å². The number of hydrogen-bond acceptors (Lipinski definition) is 2. The van der Waals surface area contributed by atoms with Gasteiger partial charge in [0.25, 0.3) is 0 Å². The van der Waals surface area contributed by atoms with Crippen LogP contribution < -0.4 is 5.32 Å². The van der Waals surface area contributed by atoms with Gasteiger partial charge in [0.15, 0.2) is 0 Å². The Balaban J connectivity index is 2.23. The minimum atomic E-state index is -4.12. The lowest BCUT2D eigenvalue weighted by Gasteiger charge is -2.37. The van der Waals surface area contributed by atoms with Gasteiger partial charge in [-0.3, -0.25) is 0 Å². The van der Waals surface area contributed by atoms with Gasteiger partial charge in [0.05, 0.1) is 18.2 Å². The summed E-state index contributed by atoms with van der Waals surface area (Å²) in [7, 11) is 0. The Morgan fingerprint density at radius 1 is 1.37 bits per heavy atom.